The fraction of sp³-hybridized carbons (Fsp3) is 0.360. The Balaban J connectivity index is 0.000000199. The normalized spacial score (nSPS) is 16.9. The molecule has 5 nitrogen and oxygen atoms in total. The summed E-state index contributed by atoms with van der Waals surface area (Å²) in [4.78, 5) is 24.9. The smallest absolute Gasteiger partial charge is 0.182 e. The SMILES string of the molecule is COc1ccc(C=C2C(=O)C3CCN2CC3)c(C)c1.COc1ccc(C=O)c(C)c1. The van der Waals surface area contributed by atoms with Crippen LogP contribution in [0.25, 0.3) is 6.08 Å². The fourth-order valence-corrected chi connectivity index (χ4v) is 3.90. The van der Waals surface area contributed by atoms with Crippen LogP contribution in [0.3, 0.4) is 0 Å². The zero-order chi connectivity index (χ0) is 21.7. The van der Waals surface area contributed by atoms with Crippen molar-refractivity contribution in [1.82, 2.24) is 4.90 Å². The van der Waals surface area contributed by atoms with Gasteiger partial charge in [-0.1, -0.05) is 6.07 Å². The van der Waals surface area contributed by atoms with Gasteiger partial charge in [-0.05, 0) is 79.8 Å². The van der Waals surface area contributed by atoms with Crippen LogP contribution < -0.4 is 9.47 Å². The molecule has 5 heteroatoms. The second kappa shape index (κ2) is 9.61. The second-order valence-corrected chi connectivity index (χ2v) is 7.72. The summed E-state index contributed by atoms with van der Waals surface area (Å²) in [6.45, 7) is 5.98. The molecule has 0 atom stereocenters. The fourth-order valence-electron chi connectivity index (χ4n) is 3.90. The van der Waals surface area contributed by atoms with Crippen LogP contribution in [0.1, 0.15) is 39.9 Å². The van der Waals surface area contributed by atoms with E-state index in [0.717, 1.165) is 66.1 Å². The summed E-state index contributed by atoms with van der Waals surface area (Å²) in [6, 6.07) is 11.3. The summed E-state index contributed by atoms with van der Waals surface area (Å²) in [6.07, 6.45) is 4.94. The highest BCUT2D eigenvalue weighted by Crippen LogP contribution is 2.33. The molecule has 3 aliphatic heterocycles. The van der Waals surface area contributed by atoms with E-state index in [0.29, 0.717) is 11.3 Å². The van der Waals surface area contributed by atoms with Crippen LogP contribution in [-0.4, -0.2) is 44.3 Å². The van der Waals surface area contributed by atoms with Gasteiger partial charge >= 0.3 is 0 Å². The molecule has 0 aliphatic carbocycles. The van der Waals surface area contributed by atoms with Crippen LogP contribution in [-0.2, 0) is 4.79 Å². The predicted molar refractivity (Wildman–Crippen MR) is 118 cm³/mol. The minimum Gasteiger partial charge on any atom is -0.497 e. The van der Waals surface area contributed by atoms with E-state index in [4.69, 9.17) is 9.47 Å². The number of allylic oxidation sites excluding steroid dienone is 1. The van der Waals surface area contributed by atoms with Crippen molar-refractivity contribution in [3.63, 3.8) is 0 Å². The molecule has 0 amide bonds. The number of methoxy groups -OCH3 is 2. The highest BCUT2D eigenvalue weighted by molar-refractivity contribution is 6.02. The van der Waals surface area contributed by atoms with E-state index >= 15 is 0 Å². The third kappa shape index (κ3) is 4.73. The van der Waals surface area contributed by atoms with Gasteiger partial charge in [0.15, 0.2) is 5.78 Å². The lowest BCUT2D eigenvalue weighted by Gasteiger charge is -2.41. The number of ether oxygens (including phenoxy) is 2. The number of nitrogens with zero attached hydrogens (tertiary/aromatic N) is 1. The van der Waals surface area contributed by atoms with Crippen molar-refractivity contribution >= 4 is 18.1 Å². The molecular formula is C25H29NO4. The summed E-state index contributed by atoms with van der Waals surface area (Å²) in [7, 11) is 3.28. The molecule has 0 radical (unpaired) electrons. The summed E-state index contributed by atoms with van der Waals surface area (Å²) in [5.41, 5.74) is 4.81. The third-order valence-corrected chi connectivity index (χ3v) is 5.83. The van der Waals surface area contributed by atoms with Crippen LogP contribution in [0.5, 0.6) is 11.5 Å². The summed E-state index contributed by atoms with van der Waals surface area (Å²) in [5.74, 6) is 2.23. The molecule has 2 aromatic carbocycles. The predicted octanol–water partition coefficient (Wildman–Crippen LogP) is 4.46. The number of aldehydes is 1. The molecule has 3 fully saturated rings. The van der Waals surface area contributed by atoms with Gasteiger partial charge in [0, 0.05) is 24.6 Å². The van der Waals surface area contributed by atoms with Crippen molar-refractivity contribution in [2.45, 2.75) is 26.7 Å². The monoisotopic (exact) mass is 407 g/mol. The Hall–Kier alpha value is -3.08. The Labute approximate surface area is 178 Å². The molecule has 0 aromatic heterocycles. The summed E-state index contributed by atoms with van der Waals surface area (Å²) >= 11 is 0. The molecule has 3 aliphatic rings. The van der Waals surface area contributed by atoms with Gasteiger partial charge in [0.25, 0.3) is 0 Å². The van der Waals surface area contributed by atoms with Gasteiger partial charge in [-0.2, -0.15) is 0 Å². The van der Waals surface area contributed by atoms with Crippen molar-refractivity contribution < 1.29 is 19.1 Å². The van der Waals surface area contributed by atoms with Gasteiger partial charge in [-0.3, -0.25) is 9.59 Å². The first-order valence-corrected chi connectivity index (χ1v) is 10.2. The number of hydrogen-bond acceptors (Lipinski definition) is 5. The molecule has 0 N–H and O–H groups in total. The number of carbonyl (C=O) groups is 2. The minimum atomic E-state index is 0.259. The lowest BCUT2D eigenvalue weighted by Crippen LogP contribution is -2.45. The molecular weight excluding hydrogens is 378 g/mol. The highest BCUT2D eigenvalue weighted by Gasteiger charge is 2.36. The molecule has 0 spiro atoms. The average molecular weight is 408 g/mol. The van der Waals surface area contributed by atoms with Gasteiger partial charge in [-0.25, -0.2) is 0 Å². The molecule has 3 heterocycles. The zero-order valence-corrected chi connectivity index (χ0v) is 18.1. The molecule has 30 heavy (non-hydrogen) atoms. The Bertz CT molecular complexity index is 956. The Morgan fingerprint density at radius 3 is 1.87 bits per heavy atom. The maximum absolute atomic E-state index is 12.3. The van der Waals surface area contributed by atoms with Crippen LogP contribution in [0.15, 0.2) is 42.1 Å². The maximum Gasteiger partial charge on any atom is 0.182 e. The van der Waals surface area contributed by atoms with Crippen molar-refractivity contribution in [2.24, 2.45) is 5.92 Å². The first kappa shape index (κ1) is 21.6. The Morgan fingerprint density at radius 1 is 0.900 bits per heavy atom. The number of Topliss-reactive ketones (excluding diaryl/α,β-unsaturated/α-hetero) is 1. The largest absolute Gasteiger partial charge is 0.497 e. The van der Waals surface area contributed by atoms with Gasteiger partial charge in [-0.15, -0.1) is 0 Å². The summed E-state index contributed by atoms with van der Waals surface area (Å²) < 4.78 is 10.2. The number of fused-ring (bicyclic) bond motifs is 3. The number of hydrogen-bond donors (Lipinski definition) is 0. The van der Waals surface area contributed by atoms with E-state index in [1.54, 1.807) is 26.4 Å². The minimum absolute atomic E-state index is 0.259. The van der Waals surface area contributed by atoms with Crippen LogP contribution >= 0.6 is 0 Å². The van der Waals surface area contributed by atoms with E-state index in [1.807, 2.05) is 37.3 Å². The highest BCUT2D eigenvalue weighted by atomic mass is 16.5. The standard InChI is InChI=1S/C16H19NO2.C9H10O2/c1-11-9-14(19-2)4-3-13(11)10-15-16(18)12-5-7-17(15)8-6-12;1-7-5-9(11-2)4-3-8(7)6-10/h3-4,9-10,12H,5-8H2,1-2H3;3-6H,1-2H3. The van der Waals surface area contributed by atoms with Gasteiger partial charge in [0.2, 0.25) is 0 Å². The molecule has 2 aromatic rings. The van der Waals surface area contributed by atoms with Crippen molar-refractivity contribution in [3.05, 3.63) is 64.3 Å². The molecule has 158 valence electrons. The van der Waals surface area contributed by atoms with Gasteiger partial charge < -0.3 is 14.4 Å². The first-order chi connectivity index (χ1) is 14.5. The number of ketones is 1. The maximum atomic E-state index is 12.3. The van der Waals surface area contributed by atoms with Gasteiger partial charge in [0.05, 0.1) is 19.9 Å². The van der Waals surface area contributed by atoms with Crippen LogP contribution in [0.2, 0.25) is 0 Å². The zero-order valence-electron chi connectivity index (χ0n) is 18.1. The molecule has 2 bridgehead atoms. The lowest BCUT2D eigenvalue weighted by molar-refractivity contribution is -0.125. The third-order valence-electron chi connectivity index (χ3n) is 5.83. The van der Waals surface area contributed by atoms with E-state index in [2.05, 4.69) is 11.8 Å². The number of aryl methyl sites for hydroxylation is 2. The van der Waals surface area contributed by atoms with E-state index in [1.165, 1.54) is 0 Å². The second-order valence-electron chi connectivity index (χ2n) is 7.72. The first-order valence-electron chi connectivity index (χ1n) is 10.2. The number of piperidine rings is 3. The van der Waals surface area contributed by atoms with Crippen molar-refractivity contribution in [2.75, 3.05) is 27.3 Å². The molecule has 0 unspecified atom stereocenters. The van der Waals surface area contributed by atoms with Crippen molar-refractivity contribution in [3.8, 4) is 11.5 Å². The molecule has 3 saturated heterocycles. The van der Waals surface area contributed by atoms with E-state index in [9.17, 15) is 9.59 Å². The van der Waals surface area contributed by atoms with Gasteiger partial charge in [0.1, 0.15) is 17.8 Å². The quantitative estimate of drug-likeness (QED) is 0.553. The van der Waals surface area contributed by atoms with Crippen molar-refractivity contribution in [1.29, 1.82) is 0 Å². The number of carbonyl (C=O) groups excluding carboxylic acids is 2. The number of benzene rings is 2. The van der Waals surface area contributed by atoms with E-state index in [-0.39, 0.29) is 5.92 Å². The number of rotatable bonds is 4. The molecule has 0 saturated carbocycles. The topological polar surface area (TPSA) is 55.8 Å². The molecule has 5 rings (SSSR count). The Morgan fingerprint density at radius 2 is 1.43 bits per heavy atom. The lowest BCUT2D eigenvalue weighted by atomic mass is 9.84. The van der Waals surface area contributed by atoms with Crippen LogP contribution in [0, 0.1) is 19.8 Å². The summed E-state index contributed by atoms with van der Waals surface area (Å²) in [5, 5.41) is 0. The van der Waals surface area contributed by atoms with E-state index < -0.39 is 0 Å². The Kier molecular flexibility index (Phi) is 6.93. The average Bonchev–Trinajstić information content (AvgIpc) is 2.77. The van der Waals surface area contributed by atoms with Crippen LogP contribution in [0.4, 0.5) is 0 Å².